The van der Waals surface area contributed by atoms with E-state index < -0.39 is 14.9 Å². The first-order valence-electron chi connectivity index (χ1n) is 6.45. The summed E-state index contributed by atoms with van der Waals surface area (Å²) in [6.07, 6.45) is 0. The predicted molar refractivity (Wildman–Crippen MR) is 87.1 cm³/mol. The molecule has 0 aliphatic rings. The molecule has 23 heavy (non-hydrogen) atoms. The standard InChI is InChI=1S/C14H13N3O4S2/c1-8-4-5-11(17(18)19)6-13(8)23(20,21)16-14-12(7-15)9(2)10(3)22-14/h4-6,16H,1-3H3. The van der Waals surface area contributed by atoms with Crippen molar-refractivity contribution in [3.8, 4) is 6.07 Å². The predicted octanol–water partition coefficient (Wildman–Crippen LogP) is 3.25. The second kappa shape index (κ2) is 5.98. The highest BCUT2D eigenvalue weighted by Gasteiger charge is 2.23. The molecule has 0 fully saturated rings. The molecule has 0 bridgehead atoms. The number of sulfonamides is 1. The smallest absolute Gasteiger partial charge is 0.269 e. The summed E-state index contributed by atoms with van der Waals surface area (Å²) < 4.78 is 27.5. The summed E-state index contributed by atoms with van der Waals surface area (Å²) in [6, 6.07) is 5.61. The van der Waals surface area contributed by atoms with Gasteiger partial charge in [0.1, 0.15) is 11.1 Å². The summed E-state index contributed by atoms with van der Waals surface area (Å²) >= 11 is 1.16. The molecule has 0 aliphatic carbocycles. The van der Waals surface area contributed by atoms with Crippen molar-refractivity contribution in [2.24, 2.45) is 0 Å². The van der Waals surface area contributed by atoms with Crippen LogP contribution in [-0.4, -0.2) is 13.3 Å². The molecule has 1 aromatic carbocycles. The molecule has 2 rings (SSSR count). The Morgan fingerprint density at radius 1 is 1.30 bits per heavy atom. The Balaban J connectivity index is 2.53. The zero-order valence-electron chi connectivity index (χ0n) is 12.6. The quantitative estimate of drug-likeness (QED) is 0.671. The van der Waals surface area contributed by atoms with Crippen LogP contribution in [0.15, 0.2) is 23.1 Å². The van der Waals surface area contributed by atoms with E-state index in [9.17, 15) is 23.8 Å². The molecule has 1 aromatic heterocycles. The van der Waals surface area contributed by atoms with E-state index in [1.54, 1.807) is 20.8 Å². The summed E-state index contributed by atoms with van der Waals surface area (Å²) in [5.41, 5.74) is 1.05. The summed E-state index contributed by atoms with van der Waals surface area (Å²) in [4.78, 5) is 10.8. The first-order valence-corrected chi connectivity index (χ1v) is 8.75. The molecule has 0 spiro atoms. The number of thiophene rings is 1. The topological polar surface area (TPSA) is 113 Å². The van der Waals surface area contributed by atoms with Crippen LogP contribution in [0, 0.1) is 42.2 Å². The third-order valence-electron chi connectivity index (χ3n) is 3.40. The van der Waals surface area contributed by atoms with Crippen molar-refractivity contribution in [3.63, 3.8) is 0 Å². The number of rotatable bonds is 4. The summed E-state index contributed by atoms with van der Waals surface area (Å²) in [7, 11) is -4.03. The first kappa shape index (κ1) is 16.9. The maximum atomic E-state index is 12.5. The molecule has 7 nitrogen and oxygen atoms in total. The monoisotopic (exact) mass is 351 g/mol. The normalized spacial score (nSPS) is 11.0. The van der Waals surface area contributed by atoms with E-state index in [0.717, 1.165) is 22.3 Å². The van der Waals surface area contributed by atoms with Crippen LogP contribution in [0.2, 0.25) is 0 Å². The third-order valence-corrected chi connectivity index (χ3v) is 6.14. The van der Waals surface area contributed by atoms with Gasteiger partial charge in [0.15, 0.2) is 0 Å². The van der Waals surface area contributed by atoms with Gasteiger partial charge in [-0.25, -0.2) is 8.42 Å². The van der Waals surface area contributed by atoms with Gasteiger partial charge in [-0.2, -0.15) is 5.26 Å². The molecule has 0 saturated carbocycles. The van der Waals surface area contributed by atoms with E-state index in [1.165, 1.54) is 12.1 Å². The van der Waals surface area contributed by atoms with E-state index in [-0.39, 0.29) is 21.1 Å². The minimum atomic E-state index is -4.03. The van der Waals surface area contributed by atoms with Crippen molar-refractivity contribution in [2.75, 3.05) is 4.72 Å². The Morgan fingerprint density at radius 2 is 1.96 bits per heavy atom. The van der Waals surface area contributed by atoms with Gasteiger partial charge in [-0.15, -0.1) is 11.3 Å². The Bertz CT molecular complexity index is 940. The number of nitrogens with one attached hydrogen (secondary N) is 1. The highest BCUT2D eigenvalue weighted by Crippen LogP contribution is 2.34. The number of nitrogens with zero attached hydrogens (tertiary/aromatic N) is 2. The molecule has 0 saturated heterocycles. The van der Waals surface area contributed by atoms with Crippen molar-refractivity contribution in [1.82, 2.24) is 0 Å². The first-order chi connectivity index (χ1) is 10.7. The van der Waals surface area contributed by atoms with E-state index >= 15 is 0 Å². The van der Waals surface area contributed by atoms with Gasteiger partial charge < -0.3 is 0 Å². The summed E-state index contributed by atoms with van der Waals surface area (Å²) in [6.45, 7) is 5.08. The minimum absolute atomic E-state index is 0.181. The Hall–Kier alpha value is -2.44. The van der Waals surface area contributed by atoms with Gasteiger partial charge >= 0.3 is 0 Å². The highest BCUT2D eigenvalue weighted by atomic mass is 32.2. The SMILES string of the molecule is Cc1ccc([N+](=O)[O-])cc1S(=O)(=O)Nc1sc(C)c(C)c1C#N. The lowest BCUT2D eigenvalue weighted by atomic mass is 10.2. The van der Waals surface area contributed by atoms with Crippen molar-refractivity contribution >= 4 is 32.0 Å². The lowest BCUT2D eigenvalue weighted by Crippen LogP contribution is -2.14. The lowest BCUT2D eigenvalue weighted by Gasteiger charge is -2.09. The van der Waals surface area contributed by atoms with Gasteiger partial charge in [0.05, 0.1) is 15.4 Å². The van der Waals surface area contributed by atoms with Crippen molar-refractivity contribution < 1.29 is 13.3 Å². The van der Waals surface area contributed by atoms with Crippen molar-refractivity contribution in [1.29, 1.82) is 5.26 Å². The highest BCUT2D eigenvalue weighted by molar-refractivity contribution is 7.93. The number of nitro groups is 1. The van der Waals surface area contributed by atoms with Crippen LogP contribution in [0.3, 0.4) is 0 Å². The van der Waals surface area contributed by atoms with E-state index in [1.807, 2.05) is 6.07 Å². The average molecular weight is 351 g/mol. The zero-order valence-corrected chi connectivity index (χ0v) is 14.2. The van der Waals surface area contributed by atoms with E-state index in [4.69, 9.17) is 0 Å². The second-order valence-electron chi connectivity index (χ2n) is 4.91. The van der Waals surface area contributed by atoms with Crippen LogP contribution in [0.4, 0.5) is 10.7 Å². The number of nitriles is 1. The van der Waals surface area contributed by atoms with Crippen LogP contribution in [-0.2, 0) is 10.0 Å². The molecule has 1 N–H and O–H groups in total. The van der Waals surface area contributed by atoms with E-state index in [2.05, 4.69) is 4.72 Å². The van der Waals surface area contributed by atoms with Gasteiger partial charge in [0, 0.05) is 17.0 Å². The molecule has 0 atom stereocenters. The van der Waals surface area contributed by atoms with E-state index in [0.29, 0.717) is 11.1 Å². The average Bonchev–Trinajstić information content (AvgIpc) is 2.72. The van der Waals surface area contributed by atoms with Gasteiger partial charge in [-0.3, -0.25) is 14.8 Å². The maximum Gasteiger partial charge on any atom is 0.270 e. The lowest BCUT2D eigenvalue weighted by molar-refractivity contribution is -0.385. The van der Waals surface area contributed by atoms with Crippen molar-refractivity contribution in [3.05, 3.63) is 49.9 Å². The molecular formula is C14H13N3O4S2. The molecule has 1 heterocycles. The van der Waals surface area contributed by atoms with Gasteiger partial charge in [-0.05, 0) is 31.9 Å². The largest absolute Gasteiger partial charge is 0.270 e. The molecule has 0 amide bonds. The third kappa shape index (κ3) is 3.18. The number of benzene rings is 1. The molecule has 0 aliphatic heterocycles. The molecule has 120 valence electrons. The fourth-order valence-corrected chi connectivity index (χ4v) is 4.58. The van der Waals surface area contributed by atoms with Gasteiger partial charge in [-0.1, -0.05) is 6.07 Å². The molecule has 2 aromatic rings. The molecule has 0 radical (unpaired) electrons. The van der Waals surface area contributed by atoms with Crippen LogP contribution >= 0.6 is 11.3 Å². The van der Waals surface area contributed by atoms with Crippen molar-refractivity contribution in [2.45, 2.75) is 25.7 Å². The Morgan fingerprint density at radius 3 is 2.52 bits per heavy atom. The van der Waals surface area contributed by atoms with Crippen LogP contribution in [0.25, 0.3) is 0 Å². The van der Waals surface area contributed by atoms with Crippen LogP contribution in [0.5, 0.6) is 0 Å². The number of hydrogen-bond acceptors (Lipinski definition) is 6. The Kier molecular flexibility index (Phi) is 4.40. The minimum Gasteiger partial charge on any atom is -0.269 e. The fraction of sp³-hybridized carbons (Fsp3) is 0.214. The molecule has 9 heteroatoms. The fourth-order valence-electron chi connectivity index (χ4n) is 2.00. The second-order valence-corrected chi connectivity index (χ2v) is 7.79. The zero-order chi connectivity index (χ0) is 17.4. The maximum absolute atomic E-state index is 12.5. The number of aryl methyl sites for hydroxylation is 2. The van der Waals surface area contributed by atoms with Crippen LogP contribution < -0.4 is 4.72 Å². The van der Waals surface area contributed by atoms with Gasteiger partial charge in [0.25, 0.3) is 15.7 Å². The number of nitro benzene ring substituents is 1. The molecular weight excluding hydrogens is 338 g/mol. The Labute approximate surface area is 137 Å². The summed E-state index contributed by atoms with van der Waals surface area (Å²) in [5.74, 6) is 0. The number of hydrogen-bond donors (Lipinski definition) is 1. The molecule has 0 unspecified atom stereocenters. The summed E-state index contributed by atoms with van der Waals surface area (Å²) in [5, 5.41) is 20.2. The number of non-ortho nitro benzene ring substituents is 1. The van der Waals surface area contributed by atoms with Gasteiger partial charge in [0.2, 0.25) is 0 Å². The van der Waals surface area contributed by atoms with Crippen LogP contribution in [0.1, 0.15) is 21.6 Å². The number of anilines is 1.